The highest BCUT2D eigenvalue weighted by Crippen LogP contribution is 2.65. The average molecular weight is 879 g/mol. The number of nitriles is 4. The third kappa shape index (κ3) is 4.70. The van der Waals surface area contributed by atoms with E-state index in [1.54, 1.807) is 60.7 Å². The number of ketones is 2. The Kier molecular flexibility index (Phi) is 7.87. The molecular formula is C50H24F2N4O2S4. The largest absolute Gasteiger partial charge is 0.289 e. The molecule has 0 amide bonds. The Balaban J connectivity index is 1.02. The fourth-order valence-corrected chi connectivity index (χ4v) is 15.9. The fourth-order valence-electron chi connectivity index (χ4n) is 9.96. The van der Waals surface area contributed by atoms with Gasteiger partial charge >= 0.3 is 0 Å². The molecule has 0 N–H and O–H groups in total. The number of halogens is 2. The molecule has 3 aromatic carbocycles. The van der Waals surface area contributed by atoms with Crippen molar-refractivity contribution in [1.29, 1.82) is 21.0 Å². The molecule has 4 aromatic heterocycles. The lowest BCUT2D eigenvalue weighted by Gasteiger charge is -2.26. The summed E-state index contributed by atoms with van der Waals surface area (Å²) in [7, 11) is 0. The molecule has 6 nitrogen and oxygen atoms in total. The van der Waals surface area contributed by atoms with Gasteiger partial charge in [-0.1, -0.05) is 76.2 Å². The van der Waals surface area contributed by atoms with Crippen LogP contribution in [0.1, 0.15) is 91.5 Å². The maximum absolute atomic E-state index is 17.6. The Hall–Kier alpha value is -6.90. The molecular weight excluding hydrogens is 855 g/mol. The number of rotatable bonds is 2. The van der Waals surface area contributed by atoms with Gasteiger partial charge in [-0.3, -0.25) is 9.59 Å². The molecule has 0 saturated heterocycles. The first-order valence-electron chi connectivity index (χ1n) is 19.3. The van der Waals surface area contributed by atoms with Gasteiger partial charge in [0, 0.05) is 95.4 Å². The van der Waals surface area contributed by atoms with Gasteiger partial charge in [-0.05, 0) is 46.5 Å². The SMILES string of the molecule is CC1(C)c2c(F)c3c(c(F)c2-c2sc4cc(/C=C5\C(=O)c6ccccc6C5=C(C#N)C#N)sc4c21)C(C)(C)c1c-3sc2cc(/C=C3\C(=O)c4ccccc4C3=C(C#N)C#N)sc12. The van der Waals surface area contributed by atoms with Crippen LogP contribution in [0.5, 0.6) is 0 Å². The zero-order chi connectivity index (χ0) is 43.3. The maximum Gasteiger partial charge on any atom is 0.194 e. The summed E-state index contributed by atoms with van der Waals surface area (Å²) in [5, 5.41) is 39.2. The summed E-state index contributed by atoms with van der Waals surface area (Å²) in [6, 6.07) is 25.5. The van der Waals surface area contributed by atoms with Gasteiger partial charge in [0.05, 0.1) is 9.40 Å². The zero-order valence-corrected chi connectivity index (χ0v) is 36.2. The lowest BCUT2D eigenvalue weighted by atomic mass is 9.78. The third-order valence-electron chi connectivity index (χ3n) is 12.5. The maximum atomic E-state index is 17.6. The van der Waals surface area contributed by atoms with Crippen molar-refractivity contribution in [2.45, 2.75) is 38.5 Å². The van der Waals surface area contributed by atoms with Gasteiger partial charge in [0.15, 0.2) is 11.6 Å². The van der Waals surface area contributed by atoms with E-state index in [0.29, 0.717) is 54.3 Å². The van der Waals surface area contributed by atoms with E-state index in [-0.39, 0.29) is 45.0 Å². The van der Waals surface area contributed by atoms with E-state index in [4.69, 9.17) is 0 Å². The molecule has 0 spiro atoms. The molecule has 7 aromatic rings. The lowest BCUT2D eigenvalue weighted by Crippen LogP contribution is -2.21. The number of carbonyl (C=O) groups is 2. The van der Waals surface area contributed by atoms with Crippen LogP contribution in [-0.4, -0.2) is 11.6 Å². The molecule has 4 heterocycles. The second-order valence-corrected chi connectivity index (χ2v) is 20.8. The number of Topliss-reactive ketones (excluding diaryl/α,β-unsaturated/α-hetero) is 2. The summed E-state index contributed by atoms with van der Waals surface area (Å²) in [6.07, 6.45) is 3.43. The molecule has 11 rings (SSSR count). The predicted octanol–water partition coefficient (Wildman–Crippen LogP) is 13.3. The van der Waals surface area contributed by atoms with E-state index < -0.39 is 22.5 Å². The monoisotopic (exact) mass is 878 g/mol. The summed E-state index contributed by atoms with van der Waals surface area (Å²) in [5.74, 6) is -1.45. The number of fused-ring (bicyclic) bond motifs is 12. The minimum Gasteiger partial charge on any atom is -0.289 e. The van der Waals surface area contributed by atoms with Crippen LogP contribution in [0, 0.1) is 57.0 Å². The summed E-state index contributed by atoms with van der Waals surface area (Å²) in [4.78, 5) is 30.1. The standard InChI is InChI=1S/C50H24F2N4O2S4/c1-49(2)37-35(47-39(49)45-31(61-47)15-23(59-45)13-29-33(21(17-53)18-54)25-9-5-7-11-27(25)43(29)57)42(52)38-36(41(37)51)48-40(50(38,3)4)46-32(62-48)16-24(60-46)14-30-34(22(19-55)20-56)26-10-6-8-12-28(26)44(30)58/h5-16H,1-4H3/b29-13-,30-14-. The van der Waals surface area contributed by atoms with E-state index in [0.717, 1.165) is 39.7 Å². The Bertz CT molecular complexity index is 3420. The molecule has 0 atom stereocenters. The highest BCUT2D eigenvalue weighted by molar-refractivity contribution is 7.31. The number of allylic oxidation sites excluding steroid dienone is 6. The van der Waals surface area contributed by atoms with E-state index in [2.05, 4.69) is 0 Å². The molecule has 0 radical (unpaired) electrons. The average Bonchev–Trinajstić information content (AvgIpc) is 4.12. The smallest absolute Gasteiger partial charge is 0.194 e. The molecule has 62 heavy (non-hydrogen) atoms. The Morgan fingerprint density at radius 3 is 1.26 bits per heavy atom. The number of thiophene rings is 4. The predicted molar refractivity (Wildman–Crippen MR) is 242 cm³/mol. The van der Waals surface area contributed by atoms with Gasteiger partial charge in [-0.25, -0.2) is 8.78 Å². The summed E-state index contributed by atoms with van der Waals surface area (Å²) in [6.45, 7) is 7.68. The molecule has 294 valence electrons. The molecule has 12 heteroatoms. The first kappa shape index (κ1) is 38.1. The van der Waals surface area contributed by atoms with Crippen LogP contribution in [0.4, 0.5) is 8.78 Å². The van der Waals surface area contributed by atoms with Gasteiger partial charge in [0.25, 0.3) is 0 Å². The van der Waals surface area contributed by atoms with Crippen LogP contribution in [0.2, 0.25) is 0 Å². The van der Waals surface area contributed by atoms with Crippen molar-refractivity contribution in [3.8, 4) is 45.2 Å². The lowest BCUT2D eigenvalue weighted by molar-refractivity contribution is 0.103. The summed E-state index contributed by atoms with van der Waals surface area (Å²) >= 11 is 5.61. The molecule has 4 aliphatic rings. The second kappa shape index (κ2) is 12.8. The van der Waals surface area contributed by atoms with E-state index in [1.807, 2.05) is 64.1 Å². The topological polar surface area (TPSA) is 129 Å². The van der Waals surface area contributed by atoms with Crippen molar-refractivity contribution in [2.24, 2.45) is 0 Å². The summed E-state index contributed by atoms with van der Waals surface area (Å²) < 4.78 is 38.7. The van der Waals surface area contributed by atoms with E-state index in [1.165, 1.54) is 45.3 Å². The van der Waals surface area contributed by atoms with Crippen LogP contribution in [-0.2, 0) is 10.8 Å². The van der Waals surface area contributed by atoms with Crippen molar-refractivity contribution in [1.82, 2.24) is 0 Å². The van der Waals surface area contributed by atoms with Crippen molar-refractivity contribution >= 4 is 99.0 Å². The second-order valence-electron chi connectivity index (χ2n) is 16.5. The van der Waals surface area contributed by atoms with Crippen LogP contribution < -0.4 is 0 Å². The van der Waals surface area contributed by atoms with Crippen molar-refractivity contribution in [3.63, 3.8) is 0 Å². The Morgan fingerprint density at radius 2 is 0.903 bits per heavy atom. The quantitative estimate of drug-likeness (QED) is 0.126. The number of hydrogen-bond acceptors (Lipinski definition) is 10. The van der Waals surface area contributed by atoms with Crippen LogP contribution in [0.25, 0.3) is 63.0 Å². The Morgan fingerprint density at radius 1 is 0.548 bits per heavy atom. The highest BCUT2D eigenvalue weighted by Gasteiger charge is 2.51. The first-order valence-corrected chi connectivity index (χ1v) is 22.5. The van der Waals surface area contributed by atoms with E-state index in [9.17, 15) is 30.6 Å². The molecule has 0 saturated carbocycles. The number of hydrogen-bond donors (Lipinski definition) is 0. The van der Waals surface area contributed by atoms with Crippen LogP contribution >= 0.6 is 45.3 Å². The molecule has 4 aliphatic carbocycles. The normalized spacial score (nSPS) is 17.1. The van der Waals surface area contributed by atoms with Crippen LogP contribution in [0.3, 0.4) is 0 Å². The minimum atomic E-state index is -0.930. The first-order chi connectivity index (χ1) is 29.8. The molecule has 0 bridgehead atoms. The number of carbonyl (C=O) groups excluding carboxylic acids is 2. The molecule has 0 fully saturated rings. The van der Waals surface area contributed by atoms with Gasteiger partial charge in [0.2, 0.25) is 0 Å². The number of benzene rings is 3. The van der Waals surface area contributed by atoms with Gasteiger partial charge < -0.3 is 0 Å². The van der Waals surface area contributed by atoms with Gasteiger partial charge in [-0.2, -0.15) is 21.0 Å². The van der Waals surface area contributed by atoms with Crippen LogP contribution in [0.15, 0.2) is 83.0 Å². The molecule has 0 aliphatic heterocycles. The zero-order valence-electron chi connectivity index (χ0n) is 32.9. The highest BCUT2D eigenvalue weighted by atomic mass is 32.1. The van der Waals surface area contributed by atoms with Crippen molar-refractivity contribution in [2.75, 3.05) is 0 Å². The fraction of sp³-hybridized carbons (Fsp3) is 0.120. The number of nitrogens with zero attached hydrogens (tertiary/aromatic N) is 4. The van der Waals surface area contributed by atoms with Gasteiger partial charge in [0.1, 0.15) is 47.1 Å². The van der Waals surface area contributed by atoms with E-state index >= 15 is 8.78 Å². The van der Waals surface area contributed by atoms with Crippen molar-refractivity contribution in [3.05, 3.63) is 149 Å². The van der Waals surface area contributed by atoms with Gasteiger partial charge in [-0.15, -0.1) is 45.3 Å². The summed E-state index contributed by atoms with van der Waals surface area (Å²) in [5.41, 5.74) is 3.70. The molecule has 0 unspecified atom stereocenters. The Labute approximate surface area is 368 Å². The minimum absolute atomic E-state index is 0.149. The third-order valence-corrected chi connectivity index (χ3v) is 17.3. The van der Waals surface area contributed by atoms with Crippen molar-refractivity contribution < 1.29 is 18.4 Å².